The molecule has 0 spiro atoms. The molecule has 0 fully saturated rings. The summed E-state index contributed by atoms with van der Waals surface area (Å²) in [7, 11) is 1.23. The molecule has 1 aliphatic heterocycles. The van der Waals surface area contributed by atoms with Crippen molar-refractivity contribution in [3.05, 3.63) is 81.9 Å². The fourth-order valence-electron chi connectivity index (χ4n) is 4.47. The fraction of sp³-hybridized carbons (Fsp3) is 0.286. The lowest BCUT2D eigenvalue weighted by molar-refractivity contribution is 0.0414. The van der Waals surface area contributed by atoms with Gasteiger partial charge in [-0.1, -0.05) is 41.9 Å². The van der Waals surface area contributed by atoms with Gasteiger partial charge >= 0.3 is 12.1 Å². The van der Waals surface area contributed by atoms with Crippen molar-refractivity contribution in [1.29, 1.82) is 0 Å². The molecule has 0 aliphatic carbocycles. The molecule has 200 valence electrons. The molecule has 0 radical (unpaired) electrons. The van der Waals surface area contributed by atoms with Crippen LogP contribution in [0.15, 0.2) is 48.5 Å². The lowest BCUT2D eigenvalue weighted by Gasteiger charge is -2.30. The van der Waals surface area contributed by atoms with E-state index in [-0.39, 0.29) is 35.6 Å². The monoisotopic (exact) mass is 545 g/mol. The van der Waals surface area contributed by atoms with Crippen molar-refractivity contribution < 1.29 is 37.7 Å². The topological polar surface area (TPSA) is 94.1 Å². The molecule has 0 saturated carbocycles. The Morgan fingerprint density at radius 2 is 1.82 bits per heavy atom. The zero-order valence-electron chi connectivity index (χ0n) is 21.2. The summed E-state index contributed by atoms with van der Waals surface area (Å²) in [4.78, 5) is 24.5. The van der Waals surface area contributed by atoms with Crippen molar-refractivity contribution in [3.8, 4) is 22.6 Å². The summed E-state index contributed by atoms with van der Waals surface area (Å²) in [6.45, 7) is 5.08. The van der Waals surface area contributed by atoms with Crippen LogP contribution in [0.1, 0.15) is 42.3 Å². The molecule has 0 bridgehead atoms. The van der Waals surface area contributed by atoms with Gasteiger partial charge in [-0.05, 0) is 38.5 Å². The number of nitrogens with one attached hydrogen (secondary N) is 1. The number of hydrogen-bond acceptors (Lipinski definition) is 5. The minimum Gasteiger partial charge on any atom is -0.494 e. The number of ether oxygens (including phenoxy) is 3. The van der Waals surface area contributed by atoms with Crippen LogP contribution < -0.4 is 14.8 Å². The van der Waals surface area contributed by atoms with Gasteiger partial charge in [-0.2, -0.15) is 0 Å². The van der Waals surface area contributed by atoms with Crippen molar-refractivity contribution in [2.24, 2.45) is 0 Å². The third kappa shape index (κ3) is 5.11. The highest BCUT2D eigenvalue weighted by Crippen LogP contribution is 2.50. The summed E-state index contributed by atoms with van der Waals surface area (Å²) in [5, 5.41) is 12.0. The van der Waals surface area contributed by atoms with Gasteiger partial charge < -0.3 is 24.6 Å². The molecule has 0 saturated heterocycles. The molecule has 1 unspecified atom stereocenters. The number of carboxylic acid groups (broad SMARTS) is 1. The van der Waals surface area contributed by atoms with Gasteiger partial charge in [-0.15, -0.1) is 0 Å². The number of carboxylic acids is 1. The van der Waals surface area contributed by atoms with Crippen molar-refractivity contribution >= 4 is 23.7 Å². The van der Waals surface area contributed by atoms with Crippen LogP contribution in [0.4, 0.5) is 13.6 Å². The van der Waals surface area contributed by atoms with Crippen LogP contribution in [-0.4, -0.2) is 36.4 Å². The molecule has 0 aromatic heterocycles. The van der Waals surface area contributed by atoms with E-state index in [9.17, 15) is 14.7 Å². The molecule has 1 heterocycles. The van der Waals surface area contributed by atoms with E-state index in [2.05, 4.69) is 5.32 Å². The molecule has 38 heavy (non-hydrogen) atoms. The Bertz CT molecular complexity index is 1410. The maximum atomic E-state index is 15.6. The average Bonchev–Trinajstić information content (AvgIpc) is 3.22. The van der Waals surface area contributed by atoms with Gasteiger partial charge in [0.25, 0.3) is 0 Å². The number of hydrogen-bond donors (Lipinski definition) is 2. The number of fused-ring (bicyclic) bond motifs is 1. The second-order valence-corrected chi connectivity index (χ2v) is 10.2. The summed E-state index contributed by atoms with van der Waals surface area (Å²) >= 11 is 6.37. The number of halogens is 3. The number of alkyl carbamates (subject to hydrolysis) is 1. The van der Waals surface area contributed by atoms with E-state index >= 15 is 8.78 Å². The molecular formula is C28H26ClF2NO6. The van der Waals surface area contributed by atoms with Crippen LogP contribution >= 0.6 is 11.6 Å². The van der Waals surface area contributed by atoms with Gasteiger partial charge in [-0.3, -0.25) is 0 Å². The molecular weight excluding hydrogens is 520 g/mol. The van der Waals surface area contributed by atoms with Crippen molar-refractivity contribution in [3.63, 3.8) is 0 Å². The maximum absolute atomic E-state index is 15.6. The third-order valence-electron chi connectivity index (χ3n) is 6.08. The molecule has 2 N–H and O–H groups in total. The lowest BCUT2D eigenvalue weighted by atomic mass is 9.85. The van der Waals surface area contributed by atoms with Gasteiger partial charge in [0.05, 0.1) is 24.2 Å². The Labute approximate surface area is 223 Å². The minimum absolute atomic E-state index is 0.00713. The predicted molar refractivity (Wildman–Crippen MR) is 137 cm³/mol. The number of carbonyl (C=O) groups is 2. The number of amides is 1. The minimum atomic E-state index is -1.43. The van der Waals surface area contributed by atoms with Crippen molar-refractivity contribution in [1.82, 2.24) is 5.32 Å². The molecule has 4 rings (SSSR count). The average molecular weight is 546 g/mol. The number of carbonyl (C=O) groups excluding carboxylic acids is 1. The fourth-order valence-corrected chi connectivity index (χ4v) is 4.73. The largest absolute Gasteiger partial charge is 0.494 e. The van der Waals surface area contributed by atoms with Crippen LogP contribution in [0.3, 0.4) is 0 Å². The number of rotatable bonds is 6. The molecule has 1 aliphatic rings. The normalized spacial score (nSPS) is 16.4. The number of methoxy groups -OCH3 is 1. The van der Waals surface area contributed by atoms with Crippen LogP contribution in [-0.2, 0) is 16.8 Å². The zero-order valence-corrected chi connectivity index (χ0v) is 21.9. The van der Waals surface area contributed by atoms with Gasteiger partial charge in [0.2, 0.25) is 0 Å². The van der Waals surface area contributed by atoms with E-state index in [1.54, 1.807) is 51.1 Å². The first-order chi connectivity index (χ1) is 17.9. The summed E-state index contributed by atoms with van der Waals surface area (Å²) < 4.78 is 47.4. The maximum Gasteiger partial charge on any atom is 0.407 e. The van der Waals surface area contributed by atoms with Gasteiger partial charge in [0, 0.05) is 29.2 Å². The summed E-state index contributed by atoms with van der Waals surface area (Å²) in [6, 6.07) is 12.3. The van der Waals surface area contributed by atoms with Crippen LogP contribution in [0.25, 0.3) is 11.1 Å². The Kier molecular flexibility index (Phi) is 7.25. The highest BCUT2D eigenvalue weighted by atomic mass is 35.5. The molecule has 7 nitrogen and oxygen atoms in total. The van der Waals surface area contributed by atoms with Crippen molar-refractivity contribution in [2.45, 2.75) is 38.4 Å². The second kappa shape index (κ2) is 10.1. The van der Waals surface area contributed by atoms with Gasteiger partial charge in [0.15, 0.2) is 17.2 Å². The summed E-state index contributed by atoms with van der Waals surface area (Å²) in [5.41, 5.74) is -2.10. The number of aromatic carboxylic acids is 1. The van der Waals surface area contributed by atoms with Crippen LogP contribution in [0.2, 0.25) is 5.02 Å². The van der Waals surface area contributed by atoms with Gasteiger partial charge in [-0.25, -0.2) is 18.4 Å². The Balaban J connectivity index is 1.88. The Morgan fingerprint density at radius 3 is 2.42 bits per heavy atom. The molecule has 10 heteroatoms. The highest BCUT2D eigenvalue weighted by molar-refractivity contribution is 6.34. The molecule has 1 amide bonds. The standard InChI is InChI=1S/C28H26ClF2NO6/c1-27(2,3)38-26(35)32-14-28(15-8-6-5-7-9-15)13-17-20(37-28)12-18(30)23(29)21(17)22-16(25(33)34)10-11-19(36-4)24(22)31/h5-12H,13-14H2,1-4H3,(H,32,35)(H,33,34). The van der Waals surface area contributed by atoms with E-state index in [4.69, 9.17) is 25.8 Å². The number of benzene rings is 3. The second-order valence-electron chi connectivity index (χ2n) is 9.83. The first kappa shape index (κ1) is 27.2. The predicted octanol–water partition coefficient (Wildman–Crippen LogP) is 6.35. The van der Waals surface area contributed by atoms with Crippen LogP contribution in [0, 0.1) is 11.6 Å². The lowest BCUT2D eigenvalue weighted by Crippen LogP contribution is -2.45. The molecule has 3 aromatic carbocycles. The summed E-state index contributed by atoms with van der Waals surface area (Å²) in [5.74, 6) is -3.57. The molecule has 1 atom stereocenters. The van der Waals surface area contributed by atoms with E-state index < -0.39 is 51.0 Å². The summed E-state index contributed by atoms with van der Waals surface area (Å²) in [6.07, 6.45) is -0.684. The molecule has 3 aromatic rings. The van der Waals surface area contributed by atoms with E-state index in [1.165, 1.54) is 13.2 Å². The van der Waals surface area contributed by atoms with Crippen LogP contribution in [0.5, 0.6) is 11.5 Å². The zero-order chi connectivity index (χ0) is 27.8. The Morgan fingerprint density at radius 1 is 1.13 bits per heavy atom. The van der Waals surface area contributed by atoms with E-state index in [1.807, 2.05) is 0 Å². The van der Waals surface area contributed by atoms with E-state index in [0.717, 1.165) is 12.1 Å². The highest BCUT2D eigenvalue weighted by Gasteiger charge is 2.44. The first-order valence-corrected chi connectivity index (χ1v) is 12.1. The van der Waals surface area contributed by atoms with Crippen molar-refractivity contribution in [2.75, 3.05) is 13.7 Å². The third-order valence-corrected chi connectivity index (χ3v) is 6.45. The quantitative estimate of drug-likeness (QED) is 0.375. The van der Waals surface area contributed by atoms with E-state index in [0.29, 0.717) is 5.56 Å². The SMILES string of the molecule is COc1ccc(C(=O)O)c(-c2c(Cl)c(F)cc3c2CC(CNC(=O)OC(C)(C)C)(c2ccccc2)O3)c1F. The first-order valence-electron chi connectivity index (χ1n) is 11.7. The smallest absolute Gasteiger partial charge is 0.407 e. The Hall–Kier alpha value is -3.85. The van der Waals surface area contributed by atoms with Gasteiger partial charge in [0.1, 0.15) is 17.2 Å².